The van der Waals surface area contributed by atoms with Gasteiger partial charge in [0.05, 0.1) is 12.0 Å². The lowest BCUT2D eigenvalue weighted by atomic mass is 9.82. The number of rotatable bonds is 2. The fourth-order valence-electron chi connectivity index (χ4n) is 4.71. The minimum Gasteiger partial charge on any atom is -0.464 e. The van der Waals surface area contributed by atoms with Gasteiger partial charge in [-0.3, -0.25) is 4.98 Å². The van der Waals surface area contributed by atoms with E-state index in [9.17, 15) is 0 Å². The molecule has 0 atom stereocenters. The number of aromatic nitrogens is 1. The predicted octanol–water partition coefficient (Wildman–Crippen LogP) is 9.14. The molecule has 0 N–H and O–H groups in total. The summed E-state index contributed by atoms with van der Waals surface area (Å²) in [4.78, 5) is 6.11. The highest BCUT2D eigenvalue weighted by atomic mass is 32.1. The van der Waals surface area contributed by atoms with E-state index in [1.165, 1.54) is 53.4 Å². The molecule has 6 rings (SSSR count). The smallest absolute Gasteiger partial charge is 0.134 e. The van der Waals surface area contributed by atoms with Gasteiger partial charge in [-0.25, -0.2) is 0 Å². The summed E-state index contributed by atoms with van der Waals surface area (Å²) >= 11 is 1.82. The average Bonchev–Trinajstić information content (AvgIpc) is 3.41. The lowest BCUT2D eigenvalue weighted by molar-refractivity contribution is 0.596. The van der Waals surface area contributed by atoms with E-state index < -0.39 is 0 Å². The Bertz CT molecular complexity index is 1660. The van der Waals surface area contributed by atoms with Gasteiger partial charge in [0, 0.05) is 32.1 Å². The van der Waals surface area contributed by atoms with E-state index >= 15 is 0 Å². The average molecular weight is 448 g/mol. The van der Waals surface area contributed by atoms with Gasteiger partial charge in [-0.15, -0.1) is 11.3 Å². The van der Waals surface area contributed by atoms with E-state index in [4.69, 9.17) is 9.40 Å². The fourth-order valence-corrected chi connectivity index (χ4v) is 5.77. The van der Waals surface area contributed by atoms with Crippen molar-refractivity contribution in [2.45, 2.75) is 33.1 Å². The number of pyridine rings is 1. The van der Waals surface area contributed by atoms with Crippen LogP contribution in [0.15, 0.2) is 83.6 Å². The first-order chi connectivity index (χ1) is 15.9. The molecule has 6 aromatic rings. The van der Waals surface area contributed by atoms with Crippen LogP contribution in [0.1, 0.15) is 31.9 Å². The zero-order valence-corrected chi connectivity index (χ0v) is 20.1. The van der Waals surface area contributed by atoms with Crippen LogP contribution in [-0.4, -0.2) is 4.98 Å². The Labute approximate surface area is 197 Å². The van der Waals surface area contributed by atoms with Crippen LogP contribution in [0.4, 0.5) is 0 Å². The molecule has 0 aliphatic heterocycles. The number of hydrogen-bond donors (Lipinski definition) is 0. The second-order valence-corrected chi connectivity index (χ2v) is 10.9. The maximum atomic E-state index is 5.64. The van der Waals surface area contributed by atoms with Crippen molar-refractivity contribution in [1.82, 2.24) is 4.98 Å². The maximum absolute atomic E-state index is 5.64. The topological polar surface area (TPSA) is 26.0 Å². The van der Waals surface area contributed by atoms with Gasteiger partial charge in [0.1, 0.15) is 5.58 Å². The number of hydrogen-bond acceptors (Lipinski definition) is 3. The quantitative estimate of drug-likeness (QED) is 0.264. The normalized spacial score (nSPS) is 12.2. The molecule has 0 fully saturated rings. The summed E-state index contributed by atoms with van der Waals surface area (Å²) in [6.45, 7) is 8.94. The zero-order chi connectivity index (χ0) is 22.7. The summed E-state index contributed by atoms with van der Waals surface area (Å²) in [6, 6.07) is 24.2. The monoisotopic (exact) mass is 447 g/mol. The van der Waals surface area contributed by atoms with Gasteiger partial charge in [0.15, 0.2) is 0 Å². The van der Waals surface area contributed by atoms with Crippen molar-refractivity contribution < 1.29 is 4.42 Å². The van der Waals surface area contributed by atoms with E-state index in [-0.39, 0.29) is 5.41 Å². The van der Waals surface area contributed by atoms with Gasteiger partial charge in [0.2, 0.25) is 0 Å². The van der Waals surface area contributed by atoms with E-state index in [1.54, 1.807) is 0 Å². The Hall–Kier alpha value is -3.43. The Morgan fingerprint density at radius 1 is 0.818 bits per heavy atom. The number of aryl methyl sites for hydroxylation is 1. The van der Waals surface area contributed by atoms with Crippen LogP contribution in [0.2, 0.25) is 0 Å². The second kappa shape index (κ2) is 7.29. The summed E-state index contributed by atoms with van der Waals surface area (Å²) in [6.07, 6.45) is 3.77. The molecule has 0 radical (unpaired) electrons. The molecule has 33 heavy (non-hydrogen) atoms. The summed E-state index contributed by atoms with van der Waals surface area (Å²) in [5.74, 6) is 0. The summed E-state index contributed by atoms with van der Waals surface area (Å²) in [7, 11) is 0. The Balaban J connectivity index is 1.56. The molecular weight excluding hydrogens is 422 g/mol. The molecule has 3 aromatic carbocycles. The van der Waals surface area contributed by atoms with Gasteiger partial charge in [-0.05, 0) is 82.3 Å². The van der Waals surface area contributed by atoms with Crippen molar-refractivity contribution >= 4 is 43.2 Å². The van der Waals surface area contributed by atoms with Crippen LogP contribution < -0.4 is 0 Å². The number of fused-ring (bicyclic) bond motifs is 3. The minimum absolute atomic E-state index is 0.0428. The van der Waals surface area contributed by atoms with Crippen LogP contribution >= 0.6 is 11.3 Å². The second-order valence-electron chi connectivity index (χ2n) is 9.81. The van der Waals surface area contributed by atoms with Gasteiger partial charge in [-0.1, -0.05) is 45.0 Å². The molecule has 162 valence electrons. The van der Waals surface area contributed by atoms with E-state index in [1.807, 2.05) is 23.8 Å². The first kappa shape index (κ1) is 20.2. The van der Waals surface area contributed by atoms with Crippen molar-refractivity contribution in [3.05, 3.63) is 90.3 Å². The zero-order valence-electron chi connectivity index (χ0n) is 19.3. The van der Waals surface area contributed by atoms with Crippen molar-refractivity contribution in [1.29, 1.82) is 0 Å². The Morgan fingerprint density at radius 2 is 1.67 bits per heavy atom. The van der Waals surface area contributed by atoms with Gasteiger partial charge >= 0.3 is 0 Å². The summed E-state index contributed by atoms with van der Waals surface area (Å²) in [5, 5.41) is 4.95. The van der Waals surface area contributed by atoms with Crippen LogP contribution in [0.25, 0.3) is 53.5 Å². The third-order valence-corrected chi connectivity index (χ3v) is 7.59. The summed E-state index contributed by atoms with van der Waals surface area (Å²) < 4.78 is 6.90. The SMILES string of the molecule is Cc1coc2ccc(-c3cc4c(-c5cc(C(C)(C)C)c6ccccc6c5)nccc4s3)cc12. The standard InChI is InChI=1S/C30H25NOS/c1-18-17-32-26-10-9-20(14-23(18)26)28-16-24-27(33-28)11-12-31-29(24)21-13-19-7-5-6-8-22(19)25(15-21)30(2,3)4/h5-17H,1-4H3. The molecule has 0 amide bonds. The Kier molecular flexibility index (Phi) is 4.46. The third kappa shape index (κ3) is 3.35. The minimum atomic E-state index is 0.0428. The van der Waals surface area contributed by atoms with Crippen LogP contribution in [-0.2, 0) is 5.41 Å². The van der Waals surface area contributed by atoms with Crippen LogP contribution in [0.5, 0.6) is 0 Å². The largest absolute Gasteiger partial charge is 0.464 e. The van der Waals surface area contributed by atoms with Crippen molar-refractivity contribution in [2.75, 3.05) is 0 Å². The molecule has 0 bridgehead atoms. The third-order valence-electron chi connectivity index (χ3n) is 6.44. The van der Waals surface area contributed by atoms with Gasteiger partial charge in [0.25, 0.3) is 0 Å². The molecule has 3 heterocycles. The first-order valence-electron chi connectivity index (χ1n) is 11.3. The number of benzene rings is 3. The van der Waals surface area contributed by atoms with E-state index in [0.29, 0.717) is 0 Å². The number of furan rings is 1. The molecule has 0 spiro atoms. The molecule has 3 heteroatoms. The molecule has 0 aliphatic carbocycles. The van der Waals surface area contributed by atoms with Gasteiger partial charge < -0.3 is 4.42 Å². The van der Waals surface area contributed by atoms with E-state index in [0.717, 1.165) is 11.3 Å². The molecular formula is C30H25NOS. The maximum Gasteiger partial charge on any atom is 0.134 e. The molecule has 0 saturated heterocycles. The van der Waals surface area contributed by atoms with Crippen molar-refractivity contribution in [3.63, 3.8) is 0 Å². The number of thiophene rings is 1. The molecule has 2 nitrogen and oxygen atoms in total. The lowest BCUT2D eigenvalue weighted by Crippen LogP contribution is -2.12. The van der Waals surface area contributed by atoms with Crippen molar-refractivity contribution in [2.24, 2.45) is 0 Å². The Morgan fingerprint density at radius 3 is 2.52 bits per heavy atom. The van der Waals surface area contributed by atoms with Crippen molar-refractivity contribution in [3.8, 4) is 21.7 Å². The van der Waals surface area contributed by atoms with Gasteiger partial charge in [-0.2, -0.15) is 0 Å². The lowest BCUT2D eigenvalue weighted by Gasteiger charge is -2.22. The highest BCUT2D eigenvalue weighted by Gasteiger charge is 2.20. The number of nitrogens with zero attached hydrogens (tertiary/aromatic N) is 1. The molecule has 0 unspecified atom stereocenters. The predicted molar refractivity (Wildman–Crippen MR) is 141 cm³/mol. The van der Waals surface area contributed by atoms with Crippen LogP contribution in [0, 0.1) is 6.92 Å². The molecule has 0 aliphatic rings. The van der Waals surface area contributed by atoms with Crippen LogP contribution in [0.3, 0.4) is 0 Å². The molecule has 0 saturated carbocycles. The fraction of sp³-hybridized carbons (Fsp3) is 0.167. The molecule has 3 aromatic heterocycles. The first-order valence-corrected chi connectivity index (χ1v) is 12.1. The van der Waals surface area contributed by atoms with E-state index in [2.05, 4.69) is 94.4 Å². The highest BCUT2D eigenvalue weighted by Crippen LogP contribution is 2.41. The summed E-state index contributed by atoms with van der Waals surface area (Å²) in [5.41, 5.74) is 6.94. The highest BCUT2D eigenvalue weighted by molar-refractivity contribution is 7.22.